The summed E-state index contributed by atoms with van der Waals surface area (Å²) in [6.07, 6.45) is 22.6. The number of esters is 1. The van der Waals surface area contributed by atoms with Gasteiger partial charge in [-0.3, -0.25) is 0 Å². The predicted molar refractivity (Wildman–Crippen MR) is 199 cm³/mol. The molecule has 0 aliphatic carbocycles. The molecule has 0 fully saturated rings. The zero-order valence-corrected chi connectivity index (χ0v) is 30.2. The maximum atomic E-state index is 13.0. The Morgan fingerprint density at radius 2 is 1.12 bits per heavy atom. The van der Waals surface area contributed by atoms with Crippen LogP contribution in [0.4, 0.5) is 11.4 Å². The molecule has 3 aromatic carbocycles. The third-order valence-electron chi connectivity index (χ3n) is 9.05. The van der Waals surface area contributed by atoms with E-state index in [0.717, 1.165) is 35.6 Å². The van der Waals surface area contributed by atoms with Crippen molar-refractivity contribution in [1.29, 1.82) is 0 Å². The summed E-state index contributed by atoms with van der Waals surface area (Å²) in [6, 6.07) is 20.2. The van der Waals surface area contributed by atoms with Gasteiger partial charge in [0.1, 0.15) is 17.2 Å². The van der Waals surface area contributed by atoms with E-state index in [0.29, 0.717) is 23.6 Å². The number of benzene rings is 3. The lowest BCUT2D eigenvalue weighted by atomic mass is 9.97. The molecule has 3 aromatic rings. The van der Waals surface area contributed by atoms with Gasteiger partial charge in [-0.15, -0.1) is 0 Å². The van der Waals surface area contributed by atoms with Gasteiger partial charge in [-0.1, -0.05) is 117 Å². The first kappa shape index (κ1) is 38.8. The van der Waals surface area contributed by atoms with Crippen LogP contribution in [0.25, 0.3) is 0 Å². The van der Waals surface area contributed by atoms with Crippen LogP contribution >= 0.6 is 0 Å². The summed E-state index contributed by atoms with van der Waals surface area (Å²) in [5.41, 5.74) is 2.85. The van der Waals surface area contributed by atoms with E-state index < -0.39 is 5.97 Å². The number of hydrogen-bond donors (Lipinski definition) is 0. The second-order valence-electron chi connectivity index (χ2n) is 13.0. The van der Waals surface area contributed by atoms with E-state index in [9.17, 15) is 4.79 Å². The number of methoxy groups -OCH3 is 1. The highest BCUT2D eigenvalue weighted by molar-refractivity contribution is 5.91. The monoisotopic (exact) mass is 656 g/mol. The van der Waals surface area contributed by atoms with Crippen LogP contribution in [0.3, 0.4) is 0 Å². The minimum Gasteiger partial charge on any atom is -0.497 e. The lowest BCUT2D eigenvalue weighted by Gasteiger charge is -2.15. The van der Waals surface area contributed by atoms with Crippen molar-refractivity contribution in [2.24, 2.45) is 10.2 Å². The number of nitrogens with zero attached hydrogens (tertiary/aromatic N) is 2. The van der Waals surface area contributed by atoms with Gasteiger partial charge in [-0.2, -0.15) is 10.2 Å². The van der Waals surface area contributed by atoms with Crippen LogP contribution in [-0.2, 0) is 0 Å². The summed E-state index contributed by atoms with van der Waals surface area (Å²) < 4.78 is 17.0. The van der Waals surface area contributed by atoms with Crippen molar-refractivity contribution in [2.75, 3.05) is 13.7 Å². The fourth-order valence-electron chi connectivity index (χ4n) is 5.75. The van der Waals surface area contributed by atoms with Crippen molar-refractivity contribution in [2.45, 2.75) is 136 Å². The zero-order valence-electron chi connectivity index (χ0n) is 30.2. The van der Waals surface area contributed by atoms with Gasteiger partial charge in [-0.25, -0.2) is 4.79 Å². The number of carbonyl (C=O) groups is 1. The van der Waals surface area contributed by atoms with Gasteiger partial charge >= 0.3 is 5.97 Å². The fourth-order valence-corrected chi connectivity index (χ4v) is 5.75. The molecule has 0 aliphatic heterocycles. The van der Waals surface area contributed by atoms with E-state index in [1.165, 1.54) is 96.3 Å². The first-order valence-corrected chi connectivity index (χ1v) is 18.7. The molecule has 0 bridgehead atoms. The fraction of sp³-hybridized carbons (Fsp3) is 0.548. The molecule has 48 heavy (non-hydrogen) atoms. The van der Waals surface area contributed by atoms with Crippen LogP contribution in [0.5, 0.6) is 17.2 Å². The molecule has 0 heterocycles. The Bertz CT molecular complexity index is 1320. The van der Waals surface area contributed by atoms with E-state index in [1.54, 1.807) is 25.3 Å². The van der Waals surface area contributed by atoms with Crippen molar-refractivity contribution in [1.82, 2.24) is 0 Å². The van der Waals surface area contributed by atoms with Gasteiger partial charge in [0.15, 0.2) is 0 Å². The van der Waals surface area contributed by atoms with Gasteiger partial charge in [0.25, 0.3) is 0 Å². The van der Waals surface area contributed by atoms with E-state index in [1.807, 2.05) is 48.5 Å². The lowest BCUT2D eigenvalue weighted by molar-refractivity contribution is 0.0732. The first-order chi connectivity index (χ1) is 23.5. The van der Waals surface area contributed by atoms with Crippen molar-refractivity contribution in [3.63, 3.8) is 0 Å². The van der Waals surface area contributed by atoms with E-state index >= 15 is 0 Å². The van der Waals surface area contributed by atoms with E-state index in [2.05, 4.69) is 31.0 Å². The van der Waals surface area contributed by atoms with Crippen LogP contribution < -0.4 is 14.2 Å². The SMILES string of the molecule is CCCCCCCCCCCCCCCCCCOc1ccc(C(=O)Oc2ccc(N=Nc3ccc(OC)cc3)cc2C(C)CC)cc1. The highest BCUT2D eigenvalue weighted by Gasteiger charge is 2.16. The number of azo groups is 1. The van der Waals surface area contributed by atoms with Crippen LogP contribution in [-0.4, -0.2) is 19.7 Å². The molecule has 0 aromatic heterocycles. The zero-order chi connectivity index (χ0) is 34.2. The van der Waals surface area contributed by atoms with Crippen LogP contribution in [0.2, 0.25) is 0 Å². The summed E-state index contributed by atoms with van der Waals surface area (Å²) in [7, 11) is 1.63. The molecular weight excluding hydrogens is 596 g/mol. The first-order valence-electron chi connectivity index (χ1n) is 18.7. The molecule has 262 valence electrons. The van der Waals surface area contributed by atoms with Crippen molar-refractivity contribution >= 4 is 17.3 Å². The van der Waals surface area contributed by atoms with Gasteiger partial charge in [0.05, 0.1) is 30.7 Å². The van der Waals surface area contributed by atoms with Crippen molar-refractivity contribution in [3.05, 3.63) is 77.9 Å². The smallest absolute Gasteiger partial charge is 0.343 e. The number of ether oxygens (including phenoxy) is 3. The number of carbonyl (C=O) groups excluding carboxylic acids is 1. The summed E-state index contributed by atoms with van der Waals surface area (Å²) in [5.74, 6) is 1.88. The summed E-state index contributed by atoms with van der Waals surface area (Å²) in [4.78, 5) is 13.0. The Hall–Kier alpha value is -3.67. The Kier molecular flexibility index (Phi) is 19.1. The predicted octanol–water partition coefficient (Wildman–Crippen LogP) is 13.5. The minimum absolute atomic E-state index is 0.184. The Balaban J connectivity index is 1.32. The molecule has 3 rings (SSSR count). The Labute approximate surface area is 290 Å². The lowest BCUT2D eigenvalue weighted by Crippen LogP contribution is -2.10. The Morgan fingerprint density at radius 1 is 0.625 bits per heavy atom. The molecule has 0 amide bonds. The summed E-state index contributed by atoms with van der Waals surface area (Å²) in [6.45, 7) is 7.21. The summed E-state index contributed by atoms with van der Waals surface area (Å²) >= 11 is 0. The third kappa shape index (κ3) is 15.0. The van der Waals surface area contributed by atoms with E-state index in [4.69, 9.17) is 14.2 Å². The molecule has 1 unspecified atom stereocenters. The van der Waals surface area contributed by atoms with Gasteiger partial charge < -0.3 is 14.2 Å². The Morgan fingerprint density at radius 3 is 1.67 bits per heavy atom. The molecular formula is C42H60N2O4. The van der Waals surface area contributed by atoms with Crippen molar-refractivity contribution < 1.29 is 19.0 Å². The largest absolute Gasteiger partial charge is 0.497 e. The minimum atomic E-state index is -0.392. The maximum Gasteiger partial charge on any atom is 0.343 e. The van der Waals surface area contributed by atoms with E-state index in [-0.39, 0.29) is 5.92 Å². The van der Waals surface area contributed by atoms with Crippen LogP contribution in [0.15, 0.2) is 77.0 Å². The number of hydrogen-bond acceptors (Lipinski definition) is 6. The molecule has 0 radical (unpaired) electrons. The maximum absolute atomic E-state index is 13.0. The highest BCUT2D eigenvalue weighted by Crippen LogP contribution is 2.34. The third-order valence-corrected chi connectivity index (χ3v) is 9.05. The molecule has 6 nitrogen and oxygen atoms in total. The van der Waals surface area contributed by atoms with Gasteiger partial charge in [0, 0.05) is 0 Å². The molecule has 1 atom stereocenters. The normalized spacial score (nSPS) is 11.9. The highest BCUT2D eigenvalue weighted by atomic mass is 16.5. The second kappa shape index (κ2) is 23.6. The summed E-state index contributed by atoms with van der Waals surface area (Å²) in [5, 5.41) is 8.74. The molecule has 0 N–H and O–H groups in total. The average Bonchev–Trinajstić information content (AvgIpc) is 3.12. The standard InChI is InChI=1S/C42H60N2O4/c1-5-7-8-9-10-11-12-13-14-15-16-17-18-19-20-21-32-47-39-27-22-35(23-28-39)42(45)48-41-31-26-37(33-40(41)34(3)6-2)44-43-36-24-29-38(46-4)30-25-36/h22-31,33-34H,5-21,32H2,1-4H3. The quantitative estimate of drug-likeness (QED) is 0.0394. The molecule has 0 spiro atoms. The molecule has 0 saturated carbocycles. The molecule has 0 saturated heterocycles. The van der Waals surface area contributed by atoms with Gasteiger partial charge in [0.2, 0.25) is 0 Å². The van der Waals surface area contributed by atoms with Crippen LogP contribution in [0.1, 0.15) is 152 Å². The number of rotatable bonds is 25. The molecule has 6 heteroatoms. The van der Waals surface area contributed by atoms with Gasteiger partial charge in [-0.05, 0) is 91.1 Å². The average molecular weight is 657 g/mol. The topological polar surface area (TPSA) is 69.5 Å². The molecule has 0 aliphatic rings. The number of unbranched alkanes of at least 4 members (excludes halogenated alkanes) is 15. The van der Waals surface area contributed by atoms with Crippen molar-refractivity contribution in [3.8, 4) is 17.2 Å². The van der Waals surface area contributed by atoms with Crippen LogP contribution in [0, 0.1) is 0 Å². The second-order valence-corrected chi connectivity index (χ2v) is 13.0.